The lowest BCUT2D eigenvalue weighted by molar-refractivity contribution is -0.289. The van der Waals surface area contributed by atoms with Crippen LogP contribution in [-0.2, 0) is 0 Å². The molecule has 1 saturated carbocycles. The first-order valence-electron chi connectivity index (χ1n) is 6.35. The Morgan fingerprint density at radius 1 is 1.29 bits per heavy atom. The van der Waals surface area contributed by atoms with E-state index in [0.29, 0.717) is 19.3 Å². The van der Waals surface area contributed by atoms with E-state index in [2.05, 4.69) is 5.32 Å². The molecule has 0 saturated heterocycles. The molecule has 0 aliphatic heterocycles. The molecule has 0 radical (unpaired) electrons. The molecule has 1 aliphatic rings. The van der Waals surface area contributed by atoms with Gasteiger partial charge in [0.1, 0.15) is 0 Å². The van der Waals surface area contributed by atoms with Gasteiger partial charge in [-0.1, -0.05) is 19.3 Å². The lowest BCUT2D eigenvalue weighted by Crippen LogP contribution is -2.52. The monoisotopic (exact) mass is 253 g/mol. The third-order valence-corrected chi connectivity index (χ3v) is 3.76. The lowest BCUT2D eigenvalue weighted by atomic mass is 9.72. The standard InChI is InChI=1S/C12H22F3NO/c1-16-9-5-3-7-10-6-2-4-8-11(10,17)12(13,14)15/h10,16-17H,2-9H2,1H3. The summed E-state index contributed by atoms with van der Waals surface area (Å²) >= 11 is 0. The number of hydrogen-bond donors (Lipinski definition) is 2. The molecule has 102 valence electrons. The molecule has 2 unspecified atom stereocenters. The van der Waals surface area contributed by atoms with Crippen molar-refractivity contribution in [3.05, 3.63) is 0 Å². The Hall–Kier alpha value is -0.290. The predicted molar refractivity (Wildman–Crippen MR) is 60.7 cm³/mol. The molecular formula is C12H22F3NO. The molecule has 0 aromatic heterocycles. The Kier molecular flexibility index (Phi) is 5.25. The summed E-state index contributed by atoms with van der Waals surface area (Å²) in [6.07, 6.45) is -0.773. The van der Waals surface area contributed by atoms with Gasteiger partial charge in [0.15, 0.2) is 5.60 Å². The highest BCUT2D eigenvalue weighted by molar-refractivity contribution is 4.95. The molecule has 1 fully saturated rings. The van der Waals surface area contributed by atoms with Gasteiger partial charge in [0.25, 0.3) is 0 Å². The molecule has 0 amide bonds. The van der Waals surface area contributed by atoms with Gasteiger partial charge in [0.2, 0.25) is 0 Å². The van der Waals surface area contributed by atoms with Gasteiger partial charge in [-0.25, -0.2) is 0 Å². The fraction of sp³-hybridized carbons (Fsp3) is 1.00. The van der Waals surface area contributed by atoms with Crippen molar-refractivity contribution in [3.63, 3.8) is 0 Å². The van der Waals surface area contributed by atoms with E-state index in [1.54, 1.807) is 0 Å². The largest absolute Gasteiger partial charge is 0.417 e. The van der Waals surface area contributed by atoms with Crippen LogP contribution in [0.1, 0.15) is 44.9 Å². The SMILES string of the molecule is CNCCCCC1CCCCC1(O)C(F)(F)F. The summed E-state index contributed by atoms with van der Waals surface area (Å²) in [5.41, 5.74) is -2.44. The highest BCUT2D eigenvalue weighted by Crippen LogP contribution is 2.46. The summed E-state index contributed by atoms with van der Waals surface area (Å²) in [5, 5.41) is 12.9. The van der Waals surface area contributed by atoms with Crippen molar-refractivity contribution in [2.24, 2.45) is 5.92 Å². The topological polar surface area (TPSA) is 32.3 Å². The Morgan fingerprint density at radius 2 is 2.00 bits per heavy atom. The average Bonchev–Trinajstić information content (AvgIpc) is 2.25. The van der Waals surface area contributed by atoms with Crippen molar-refractivity contribution in [2.75, 3.05) is 13.6 Å². The minimum Gasteiger partial charge on any atom is -0.380 e. The Bertz CT molecular complexity index is 232. The molecule has 2 nitrogen and oxygen atoms in total. The van der Waals surface area contributed by atoms with E-state index >= 15 is 0 Å². The lowest BCUT2D eigenvalue weighted by Gasteiger charge is -2.41. The Balaban J connectivity index is 2.54. The third-order valence-electron chi connectivity index (χ3n) is 3.76. The van der Waals surface area contributed by atoms with Gasteiger partial charge in [0.05, 0.1) is 0 Å². The zero-order valence-corrected chi connectivity index (χ0v) is 10.3. The van der Waals surface area contributed by atoms with Gasteiger partial charge in [0, 0.05) is 0 Å². The van der Waals surface area contributed by atoms with Crippen molar-refractivity contribution in [1.82, 2.24) is 5.32 Å². The van der Waals surface area contributed by atoms with Gasteiger partial charge in [-0.15, -0.1) is 0 Å². The van der Waals surface area contributed by atoms with Crippen LogP contribution in [0.5, 0.6) is 0 Å². The molecule has 2 atom stereocenters. The van der Waals surface area contributed by atoms with Crippen LogP contribution in [0.15, 0.2) is 0 Å². The number of halogens is 3. The zero-order valence-electron chi connectivity index (χ0n) is 10.3. The van der Waals surface area contributed by atoms with Crippen molar-refractivity contribution >= 4 is 0 Å². The van der Waals surface area contributed by atoms with E-state index in [0.717, 1.165) is 25.8 Å². The highest BCUT2D eigenvalue weighted by atomic mass is 19.4. The minimum absolute atomic E-state index is 0.132. The van der Waals surface area contributed by atoms with Gasteiger partial charge in [-0.05, 0) is 45.2 Å². The van der Waals surface area contributed by atoms with Crippen molar-refractivity contribution < 1.29 is 18.3 Å². The first kappa shape index (κ1) is 14.8. The van der Waals surface area contributed by atoms with Gasteiger partial charge in [-0.2, -0.15) is 13.2 Å². The van der Waals surface area contributed by atoms with E-state index in [4.69, 9.17) is 0 Å². The van der Waals surface area contributed by atoms with Gasteiger partial charge < -0.3 is 10.4 Å². The summed E-state index contributed by atoms with van der Waals surface area (Å²) in [6.45, 7) is 0.817. The molecule has 0 bridgehead atoms. The van der Waals surface area contributed by atoms with Crippen molar-refractivity contribution in [2.45, 2.75) is 56.7 Å². The molecule has 1 rings (SSSR count). The Labute approximate surface area is 101 Å². The second-order valence-electron chi connectivity index (χ2n) is 4.96. The molecule has 5 heteroatoms. The Morgan fingerprint density at radius 3 is 2.59 bits per heavy atom. The predicted octanol–water partition coefficient (Wildman–Crippen LogP) is 2.86. The maximum absolute atomic E-state index is 12.9. The summed E-state index contributed by atoms with van der Waals surface area (Å²) in [6, 6.07) is 0. The van der Waals surface area contributed by atoms with E-state index in [1.807, 2.05) is 7.05 Å². The number of aliphatic hydroxyl groups is 1. The van der Waals surface area contributed by atoms with E-state index in [-0.39, 0.29) is 6.42 Å². The number of nitrogens with one attached hydrogen (secondary N) is 1. The van der Waals surface area contributed by atoms with Crippen molar-refractivity contribution in [1.29, 1.82) is 0 Å². The van der Waals surface area contributed by atoms with Crippen LogP contribution < -0.4 is 5.32 Å². The first-order chi connectivity index (χ1) is 7.92. The van der Waals surface area contributed by atoms with Crippen LogP contribution in [-0.4, -0.2) is 30.5 Å². The van der Waals surface area contributed by atoms with Gasteiger partial charge >= 0.3 is 6.18 Å². The highest BCUT2D eigenvalue weighted by Gasteiger charge is 2.58. The van der Waals surface area contributed by atoms with E-state index < -0.39 is 17.7 Å². The van der Waals surface area contributed by atoms with Crippen LogP contribution in [0, 0.1) is 5.92 Å². The van der Waals surface area contributed by atoms with Crippen LogP contribution in [0.25, 0.3) is 0 Å². The summed E-state index contributed by atoms with van der Waals surface area (Å²) in [7, 11) is 1.83. The summed E-state index contributed by atoms with van der Waals surface area (Å²) in [5.74, 6) is -0.617. The second kappa shape index (κ2) is 6.05. The average molecular weight is 253 g/mol. The molecular weight excluding hydrogens is 231 g/mol. The van der Waals surface area contributed by atoms with Gasteiger partial charge in [-0.3, -0.25) is 0 Å². The number of alkyl halides is 3. The van der Waals surface area contributed by atoms with Crippen LogP contribution >= 0.6 is 0 Å². The molecule has 0 aromatic rings. The maximum Gasteiger partial charge on any atom is 0.417 e. The van der Waals surface area contributed by atoms with Crippen molar-refractivity contribution in [3.8, 4) is 0 Å². The smallest absolute Gasteiger partial charge is 0.380 e. The molecule has 0 heterocycles. The molecule has 0 aromatic carbocycles. The first-order valence-corrected chi connectivity index (χ1v) is 6.35. The molecule has 2 N–H and O–H groups in total. The third kappa shape index (κ3) is 3.58. The fourth-order valence-corrected chi connectivity index (χ4v) is 2.68. The normalized spacial score (nSPS) is 30.5. The number of unbranched alkanes of at least 4 members (excludes halogenated alkanes) is 1. The summed E-state index contributed by atoms with van der Waals surface area (Å²) < 4.78 is 38.7. The van der Waals surface area contributed by atoms with E-state index in [1.165, 1.54) is 0 Å². The molecule has 17 heavy (non-hydrogen) atoms. The molecule has 1 aliphatic carbocycles. The van der Waals surface area contributed by atoms with Crippen LogP contribution in [0.2, 0.25) is 0 Å². The van der Waals surface area contributed by atoms with Crippen LogP contribution in [0.3, 0.4) is 0 Å². The van der Waals surface area contributed by atoms with E-state index in [9.17, 15) is 18.3 Å². The fourth-order valence-electron chi connectivity index (χ4n) is 2.68. The second-order valence-corrected chi connectivity index (χ2v) is 4.96. The number of rotatable bonds is 5. The maximum atomic E-state index is 12.9. The van der Waals surface area contributed by atoms with Crippen LogP contribution in [0.4, 0.5) is 13.2 Å². The minimum atomic E-state index is -4.49. The number of hydrogen-bond acceptors (Lipinski definition) is 2. The summed E-state index contributed by atoms with van der Waals surface area (Å²) in [4.78, 5) is 0. The quantitative estimate of drug-likeness (QED) is 0.738. The molecule has 0 spiro atoms. The zero-order chi connectivity index (χ0) is 12.9.